The van der Waals surface area contributed by atoms with Gasteiger partial charge in [0.2, 0.25) is 5.91 Å². The van der Waals surface area contributed by atoms with Crippen molar-refractivity contribution in [2.75, 3.05) is 13.6 Å². The summed E-state index contributed by atoms with van der Waals surface area (Å²) in [6.45, 7) is 1.81. The van der Waals surface area contributed by atoms with Crippen molar-refractivity contribution in [2.45, 2.75) is 25.4 Å². The minimum absolute atomic E-state index is 0.291. The van der Waals surface area contributed by atoms with Crippen LogP contribution in [0.3, 0.4) is 0 Å². The van der Waals surface area contributed by atoms with Gasteiger partial charge in [0.15, 0.2) is 0 Å². The number of carbonyl (C=O) groups is 3. The lowest BCUT2D eigenvalue weighted by Gasteiger charge is -2.26. The number of carbonyl (C=O) groups excluding carboxylic acids is 3. The lowest BCUT2D eigenvalue weighted by molar-refractivity contribution is -0.138. The first-order valence-electron chi connectivity index (χ1n) is 9.06. The first-order valence-corrected chi connectivity index (χ1v) is 9.44. The van der Waals surface area contributed by atoms with E-state index in [1.807, 2.05) is 43.3 Å². The Morgan fingerprint density at radius 3 is 2.39 bits per heavy atom. The van der Waals surface area contributed by atoms with E-state index in [4.69, 9.17) is 11.6 Å². The Morgan fingerprint density at radius 2 is 1.75 bits per heavy atom. The maximum atomic E-state index is 13.1. The molecule has 0 saturated carbocycles. The molecule has 2 aromatic carbocycles. The number of benzene rings is 2. The van der Waals surface area contributed by atoms with Gasteiger partial charge in [-0.25, -0.2) is 4.79 Å². The molecule has 1 aliphatic heterocycles. The molecule has 0 aromatic heterocycles. The number of hydrogen-bond donors (Lipinski definition) is 1. The average Bonchev–Trinajstić information content (AvgIpc) is 2.95. The molecule has 2 aromatic rings. The maximum Gasteiger partial charge on any atom is 0.325 e. The van der Waals surface area contributed by atoms with Crippen LogP contribution in [0, 0.1) is 0 Å². The summed E-state index contributed by atoms with van der Waals surface area (Å²) >= 11 is 6.15. The molecule has 3 rings (SSSR count). The Morgan fingerprint density at radius 1 is 1.11 bits per heavy atom. The van der Waals surface area contributed by atoms with Crippen LogP contribution in [0.4, 0.5) is 4.79 Å². The summed E-state index contributed by atoms with van der Waals surface area (Å²) in [7, 11) is 1.62. The molecule has 7 heteroatoms. The Kier molecular flexibility index (Phi) is 5.70. The molecule has 1 saturated heterocycles. The fourth-order valence-corrected chi connectivity index (χ4v) is 3.55. The molecule has 4 amide bonds. The van der Waals surface area contributed by atoms with Crippen molar-refractivity contribution in [1.29, 1.82) is 0 Å². The van der Waals surface area contributed by atoms with Gasteiger partial charge in [0.25, 0.3) is 5.91 Å². The standard InChI is InChI=1S/C21H22ClN3O3/c1-3-21(16-10-5-4-6-11-16)19(27)25(20(28)23-21)14-18(26)24(2)13-15-9-7-8-12-17(15)22/h4-12H,3,13-14H2,1-2H3,(H,23,28). The largest absolute Gasteiger partial charge is 0.340 e. The van der Waals surface area contributed by atoms with Crippen LogP contribution in [-0.4, -0.2) is 41.2 Å². The molecule has 1 atom stereocenters. The third-order valence-electron chi connectivity index (χ3n) is 5.06. The summed E-state index contributed by atoms with van der Waals surface area (Å²) in [6.07, 6.45) is 0.391. The van der Waals surface area contributed by atoms with Gasteiger partial charge in [0.1, 0.15) is 12.1 Å². The zero-order valence-corrected chi connectivity index (χ0v) is 16.6. The number of amides is 4. The van der Waals surface area contributed by atoms with E-state index in [1.54, 1.807) is 25.2 Å². The lowest BCUT2D eigenvalue weighted by atomic mass is 9.87. The highest BCUT2D eigenvalue weighted by molar-refractivity contribution is 6.31. The second kappa shape index (κ2) is 8.02. The van der Waals surface area contributed by atoms with E-state index in [9.17, 15) is 14.4 Å². The smallest absolute Gasteiger partial charge is 0.325 e. The van der Waals surface area contributed by atoms with Crippen molar-refractivity contribution >= 4 is 29.4 Å². The molecule has 1 unspecified atom stereocenters. The van der Waals surface area contributed by atoms with Crippen molar-refractivity contribution in [2.24, 2.45) is 0 Å². The van der Waals surface area contributed by atoms with Gasteiger partial charge < -0.3 is 10.2 Å². The Bertz CT molecular complexity index is 903. The zero-order valence-electron chi connectivity index (χ0n) is 15.8. The predicted octanol–water partition coefficient (Wildman–Crippen LogP) is 3.16. The highest BCUT2D eigenvalue weighted by Crippen LogP contribution is 2.32. The van der Waals surface area contributed by atoms with E-state index in [1.165, 1.54) is 4.90 Å². The molecule has 0 radical (unpaired) electrons. The molecule has 6 nitrogen and oxygen atoms in total. The number of rotatable bonds is 6. The summed E-state index contributed by atoms with van der Waals surface area (Å²) in [5.41, 5.74) is 0.361. The third-order valence-corrected chi connectivity index (χ3v) is 5.43. The van der Waals surface area contributed by atoms with Crippen molar-refractivity contribution in [3.63, 3.8) is 0 Å². The average molecular weight is 400 g/mol. The van der Waals surface area contributed by atoms with Crippen LogP contribution < -0.4 is 5.32 Å². The van der Waals surface area contributed by atoms with Crippen molar-refractivity contribution in [1.82, 2.24) is 15.1 Å². The molecule has 0 bridgehead atoms. The van der Waals surface area contributed by atoms with E-state index in [-0.39, 0.29) is 12.5 Å². The van der Waals surface area contributed by atoms with E-state index in [0.29, 0.717) is 23.6 Å². The van der Waals surface area contributed by atoms with Crippen LogP contribution in [0.25, 0.3) is 0 Å². The van der Waals surface area contributed by atoms with Crippen molar-refractivity contribution in [3.05, 3.63) is 70.7 Å². The highest BCUT2D eigenvalue weighted by atomic mass is 35.5. The second-order valence-corrected chi connectivity index (χ2v) is 7.19. The summed E-state index contributed by atoms with van der Waals surface area (Å²) in [5, 5.41) is 3.34. The van der Waals surface area contributed by atoms with E-state index < -0.39 is 17.5 Å². The zero-order chi connectivity index (χ0) is 20.3. The van der Waals surface area contributed by atoms with Crippen LogP contribution in [0.1, 0.15) is 24.5 Å². The van der Waals surface area contributed by atoms with Crippen LogP contribution in [0.15, 0.2) is 54.6 Å². The summed E-state index contributed by atoms with van der Waals surface area (Å²) in [6, 6.07) is 15.8. The van der Waals surface area contributed by atoms with Gasteiger partial charge in [-0.05, 0) is 23.6 Å². The quantitative estimate of drug-likeness (QED) is 0.758. The number of hydrogen-bond acceptors (Lipinski definition) is 3. The third kappa shape index (κ3) is 3.60. The summed E-state index contributed by atoms with van der Waals surface area (Å²) < 4.78 is 0. The van der Waals surface area contributed by atoms with Gasteiger partial charge in [0.05, 0.1) is 0 Å². The van der Waals surface area contributed by atoms with Gasteiger partial charge in [-0.15, -0.1) is 0 Å². The van der Waals surface area contributed by atoms with Gasteiger partial charge in [-0.1, -0.05) is 67.1 Å². The van der Waals surface area contributed by atoms with Gasteiger partial charge in [-0.2, -0.15) is 0 Å². The Hall–Kier alpha value is -2.86. The SMILES string of the molecule is CCC1(c2ccccc2)NC(=O)N(CC(=O)N(C)Cc2ccccc2Cl)C1=O. The first-order chi connectivity index (χ1) is 13.4. The minimum Gasteiger partial charge on any atom is -0.340 e. The maximum absolute atomic E-state index is 13.1. The Labute approximate surface area is 169 Å². The lowest BCUT2D eigenvalue weighted by Crippen LogP contribution is -2.45. The molecule has 1 aliphatic rings. The topological polar surface area (TPSA) is 69.7 Å². The van der Waals surface area contributed by atoms with Gasteiger partial charge in [0, 0.05) is 18.6 Å². The second-order valence-electron chi connectivity index (χ2n) is 6.79. The number of nitrogens with one attached hydrogen (secondary N) is 1. The van der Waals surface area contributed by atoms with Crippen molar-refractivity contribution < 1.29 is 14.4 Å². The molecular weight excluding hydrogens is 378 g/mol. The van der Waals surface area contributed by atoms with Crippen LogP contribution >= 0.6 is 11.6 Å². The molecule has 1 N–H and O–H groups in total. The van der Waals surface area contributed by atoms with E-state index in [2.05, 4.69) is 5.32 Å². The predicted molar refractivity (Wildman–Crippen MR) is 107 cm³/mol. The molecule has 1 heterocycles. The molecule has 146 valence electrons. The number of likely N-dealkylation sites (N-methyl/N-ethyl adjacent to an activating group) is 1. The van der Waals surface area contributed by atoms with Crippen LogP contribution in [0.2, 0.25) is 5.02 Å². The van der Waals surface area contributed by atoms with Crippen LogP contribution in [-0.2, 0) is 21.7 Å². The first kappa shape index (κ1) is 19.9. The van der Waals surface area contributed by atoms with Crippen LogP contribution in [0.5, 0.6) is 0 Å². The molecular formula is C21H22ClN3O3. The fraction of sp³-hybridized carbons (Fsp3) is 0.286. The number of halogens is 1. The molecule has 0 aliphatic carbocycles. The summed E-state index contributed by atoms with van der Waals surface area (Å²) in [4.78, 5) is 40.7. The van der Waals surface area contributed by atoms with Gasteiger partial charge >= 0.3 is 6.03 Å². The number of imide groups is 1. The van der Waals surface area contributed by atoms with E-state index >= 15 is 0 Å². The van der Waals surface area contributed by atoms with E-state index in [0.717, 1.165) is 10.5 Å². The highest BCUT2D eigenvalue weighted by Gasteiger charge is 2.51. The molecule has 1 fully saturated rings. The molecule has 0 spiro atoms. The van der Waals surface area contributed by atoms with Gasteiger partial charge in [-0.3, -0.25) is 14.5 Å². The van der Waals surface area contributed by atoms with Crippen molar-refractivity contribution in [3.8, 4) is 0 Å². The normalized spacial score (nSPS) is 18.9. The molecule has 28 heavy (non-hydrogen) atoms. The number of urea groups is 1. The number of nitrogens with zero attached hydrogens (tertiary/aromatic N) is 2. The fourth-order valence-electron chi connectivity index (χ4n) is 3.36. The monoisotopic (exact) mass is 399 g/mol. The minimum atomic E-state index is -1.14. The Balaban J connectivity index is 1.75. The summed E-state index contributed by atoms with van der Waals surface area (Å²) in [5.74, 6) is -0.755.